The van der Waals surface area contributed by atoms with Crippen molar-refractivity contribution in [1.82, 2.24) is 9.55 Å². The lowest BCUT2D eigenvalue weighted by molar-refractivity contribution is -0.120. The molecule has 0 unspecified atom stereocenters. The van der Waals surface area contributed by atoms with Crippen LogP contribution in [0.2, 0.25) is 10.0 Å². The molecule has 0 saturated heterocycles. The van der Waals surface area contributed by atoms with Gasteiger partial charge in [0.1, 0.15) is 6.54 Å². The second-order valence-electron chi connectivity index (χ2n) is 6.84. The average molecular weight is 431 g/mol. The van der Waals surface area contributed by atoms with Gasteiger partial charge in [-0.2, -0.15) is 0 Å². The standard InChI is InChI=1S/C20H16Cl2N4O3/c1-11-6-17(27)24-15-4-2-3-5-16(15)26(11)18(28)9-25-10-23-19-13(20(25)29)7-12(21)8-14(19)22/h2-5,7-8,10-11H,6,9H2,1H3,(H,24,27)/t11-/m0/s1. The zero-order chi connectivity index (χ0) is 20.7. The maximum Gasteiger partial charge on any atom is 0.261 e. The molecule has 0 aliphatic carbocycles. The fourth-order valence-electron chi connectivity index (χ4n) is 3.50. The molecule has 2 heterocycles. The lowest BCUT2D eigenvalue weighted by atomic mass is 10.1. The van der Waals surface area contributed by atoms with E-state index in [2.05, 4.69) is 10.3 Å². The number of hydrogen-bond acceptors (Lipinski definition) is 4. The van der Waals surface area contributed by atoms with Crippen LogP contribution >= 0.6 is 23.2 Å². The van der Waals surface area contributed by atoms with Gasteiger partial charge >= 0.3 is 0 Å². The van der Waals surface area contributed by atoms with Crippen molar-refractivity contribution >= 4 is 57.3 Å². The van der Waals surface area contributed by atoms with Gasteiger partial charge in [0, 0.05) is 17.5 Å². The first-order chi connectivity index (χ1) is 13.8. The minimum absolute atomic E-state index is 0.149. The number of benzene rings is 2. The summed E-state index contributed by atoms with van der Waals surface area (Å²) in [5.74, 6) is -0.508. The van der Waals surface area contributed by atoms with E-state index in [1.54, 1.807) is 31.2 Å². The zero-order valence-corrected chi connectivity index (χ0v) is 16.9. The smallest absolute Gasteiger partial charge is 0.261 e. The van der Waals surface area contributed by atoms with Crippen LogP contribution in [-0.2, 0) is 16.1 Å². The number of carbonyl (C=O) groups excluding carboxylic acids is 2. The van der Waals surface area contributed by atoms with Gasteiger partial charge in [-0.05, 0) is 31.2 Å². The second kappa shape index (κ2) is 7.50. The summed E-state index contributed by atoms with van der Waals surface area (Å²) in [6, 6.07) is 9.67. The molecule has 0 fully saturated rings. The van der Waals surface area contributed by atoms with Crippen LogP contribution in [0.25, 0.3) is 10.9 Å². The Morgan fingerprint density at radius 1 is 1.24 bits per heavy atom. The van der Waals surface area contributed by atoms with Gasteiger partial charge in [-0.25, -0.2) is 4.98 Å². The number of hydrogen-bond donors (Lipinski definition) is 1. The van der Waals surface area contributed by atoms with Crippen molar-refractivity contribution in [2.75, 3.05) is 10.2 Å². The molecule has 1 aromatic heterocycles. The topological polar surface area (TPSA) is 84.3 Å². The lowest BCUT2D eigenvalue weighted by Crippen LogP contribution is -2.42. The Hall–Kier alpha value is -2.90. The number of nitrogens with one attached hydrogen (secondary N) is 1. The highest BCUT2D eigenvalue weighted by molar-refractivity contribution is 6.38. The highest BCUT2D eigenvalue weighted by Gasteiger charge is 2.29. The van der Waals surface area contributed by atoms with E-state index in [9.17, 15) is 14.4 Å². The predicted molar refractivity (Wildman–Crippen MR) is 113 cm³/mol. The van der Waals surface area contributed by atoms with E-state index in [-0.39, 0.29) is 41.2 Å². The molecule has 0 radical (unpaired) electrons. The second-order valence-corrected chi connectivity index (χ2v) is 7.69. The van der Waals surface area contributed by atoms with Crippen LogP contribution in [0.5, 0.6) is 0 Å². The summed E-state index contributed by atoms with van der Waals surface area (Å²) in [5, 5.41) is 3.62. The number of fused-ring (bicyclic) bond motifs is 2. The highest BCUT2D eigenvalue weighted by Crippen LogP contribution is 2.31. The lowest BCUT2D eigenvalue weighted by Gasteiger charge is -2.28. The zero-order valence-electron chi connectivity index (χ0n) is 15.4. The van der Waals surface area contributed by atoms with Gasteiger partial charge in [0.05, 0.1) is 33.6 Å². The predicted octanol–water partition coefficient (Wildman–Crippen LogP) is 3.47. The molecule has 4 rings (SSSR count). The summed E-state index contributed by atoms with van der Waals surface area (Å²) in [4.78, 5) is 43.9. The maximum absolute atomic E-state index is 13.2. The fourth-order valence-corrected chi connectivity index (χ4v) is 4.04. The molecule has 1 aliphatic rings. The number of aromatic nitrogens is 2. The number of rotatable bonds is 2. The number of anilines is 2. The first-order valence-electron chi connectivity index (χ1n) is 8.90. The molecule has 7 nitrogen and oxygen atoms in total. The van der Waals surface area contributed by atoms with E-state index in [1.807, 2.05) is 0 Å². The summed E-state index contributed by atoms with van der Waals surface area (Å²) in [5.41, 5.74) is 1.05. The van der Waals surface area contributed by atoms with E-state index in [1.165, 1.54) is 27.9 Å². The molecule has 9 heteroatoms. The van der Waals surface area contributed by atoms with Crippen LogP contribution in [0.3, 0.4) is 0 Å². The Balaban J connectivity index is 1.74. The molecule has 0 bridgehead atoms. The minimum Gasteiger partial charge on any atom is -0.324 e. The molecule has 1 aliphatic heterocycles. The van der Waals surface area contributed by atoms with Gasteiger partial charge in [-0.15, -0.1) is 0 Å². The minimum atomic E-state index is -0.419. The maximum atomic E-state index is 13.2. The molecule has 2 aromatic carbocycles. The summed E-state index contributed by atoms with van der Waals surface area (Å²) in [6.07, 6.45) is 1.44. The molecule has 0 spiro atoms. The van der Waals surface area contributed by atoms with Gasteiger partial charge in [-0.3, -0.25) is 19.0 Å². The molecule has 148 valence electrons. The van der Waals surface area contributed by atoms with Crippen molar-refractivity contribution in [2.45, 2.75) is 25.9 Å². The highest BCUT2D eigenvalue weighted by atomic mass is 35.5. The number of amides is 2. The molecule has 0 saturated carbocycles. The summed E-state index contributed by atoms with van der Waals surface area (Å²) < 4.78 is 1.22. The summed E-state index contributed by atoms with van der Waals surface area (Å²) in [6.45, 7) is 1.55. The molecule has 1 N–H and O–H groups in total. The van der Waals surface area contributed by atoms with Crippen molar-refractivity contribution in [3.63, 3.8) is 0 Å². The number of nitrogens with zero attached hydrogens (tertiary/aromatic N) is 3. The molecule has 29 heavy (non-hydrogen) atoms. The third kappa shape index (κ3) is 3.59. The quantitative estimate of drug-likeness (QED) is 0.674. The van der Waals surface area contributed by atoms with Gasteiger partial charge in [0.25, 0.3) is 5.56 Å². The Labute approximate surface area is 175 Å². The van der Waals surface area contributed by atoms with Crippen LogP contribution in [0.15, 0.2) is 47.5 Å². The van der Waals surface area contributed by atoms with Crippen molar-refractivity contribution < 1.29 is 9.59 Å². The Kier molecular flexibility index (Phi) is 5.02. The normalized spacial score (nSPS) is 16.3. The number of para-hydroxylation sites is 2. The van der Waals surface area contributed by atoms with E-state index in [0.29, 0.717) is 21.9 Å². The van der Waals surface area contributed by atoms with Crippen LogP contribution in [0.1, 0.15) is 13.3 Å². The van der Waals surface area contributed by atoms with Gasteiger partial charge in [0.15, 0.2) is 0 Å². The first-order valence-corrected chi connectivity index (χ1v) is 9.66. The Bertz CT molecular complexity index is 1210. The number of carbonyl (C=O) groups is 2. The molecular weight excluding hydrogens is 415 g/mol. The first kappa shape index (κ1) is 19.4. The largest absolute Gasteiger partial charge is 0.324 e. The SMILES string of the molecule is C[C@H]1CC(=O)Nc2ccccc2N1C(=O)Cn1cnc2c(Cl)cc(Cl)cc2c1=O. The average Bonchev–Trinajstić information content (AvgIpc) is 2.78. The number of halogens is 2. The van der Waals surface area contributed by atoms with Crippen molar-refractivity contribution in [2.24, 2.45) is 0 Å². The third-order valence-corrected chi connectivity index (χ3v) is 5.29. The van der Waals surface area contributed by atoms with Crippen molar-refractivity contribution in [1.29, 1.82) is 0 Å². The van der Waals surface area contributed by atoms with Crippen LogP contribution in [0.4, 0.5) is 11.4 Å². The van der Waals surface area contributed by atoms with Gasteiger partial charge < -0.3 is 10.2 Å². The molecule has 3 aromatic rings. The summed E-state index contributed by atoms with van der Waals surface area (Å²) in [7, 11) is 0. The van der Waals surface area contributed by atoms with Crippen LogP contribution in [0, 0.1) is 0 Å². The molecular formula is C20H16Cl2N4O3. The molecule has 1 atom stereocenters. The van der Waals surface area contributed by atoms with Gasteiger partial charge in [0.2, 0.25) is 11.8 Å². The van der Waals surface area contributed by atoms with E-state index in [0.717, 1.165) is 0 Å². The Morgan fingerprint density at radius 3 is 2.79 bits per heavy atom. The fraction of sp³-hybridized carbons (Fsp3) is 0.200. The van der Waals surface area contributed by atoms with Crippen LogP contribution in [-0.4, -0.2) is 27.4 Å². The molecule has 2 amide bonds. The Morgan fingerprint density at radius 2 is 2.00 bits per heavy atom. The van der Waals surface area contributed by atoms with Crippen molar-refractivity contribution in [3.05, 3.63) is 63.1 Å². The van der Waals surface area contributed by atoms with Crippen LogP contribution < -0.4 is 15.8 Å². The van der Waals surface area contributed by atoms with Crippen molar-refractivity contribution in [3.8, 4) is 0 Å². The van der Waals surface area contributed by atoms with E-state index < -0.39 is 5.56 Å². The third-order valence-electron chi connectivity index (χ3n) is 4.78. The van der Waals surface area contributed by atoms with E-state index in [4.69, 9.17) is 23.2 Å². The van der Waals surface area contributed by atoms with E-state index >= 15 is 0 Å². The van der Waals surface area contributed by atoms with Gasteiger partial charge in [-0.1, -0.05) is 35.3 Å². The monoisotopic (exact) mass is 430 g/mol. The summed E-state index contributed by atoms with van der Waals surface area (Å²) >= 11 is 12.1.